The van der Waals surface area contributed by atoms with Gasteiger partial charge in [-0.3, -0.25) is 9.59 Å². The summed E-state index contributed by atoms with van der Waals surface area (Å²) >= 11 is 0. The Hall–Kier alpha value is -1.10. The third-order valence-electron chi connectivity index (χ3n) is 2.13. The molecule has 0 fully saturated rings. The molecule has 2 amide bonds. The minimum Gasteiger partial charge on any atom is -0.347 e. The van der Waals surface area contributed by atoms with E-state index < -0.39 is 6.04 Å². The van der Waals surface area contributed by atoms with Gasteiger partial charge >= 0.3 is 0 Å². The Kier molecular flexibility index (Phi) is 4.74. The molecular weight excluding hydrogens is 194 g/mol. The van der Waals surface area contributed by atoms with Crippen molar-refractivity contribution in [1.82, 2.24) is 10.2 Å². The minimum atomic E-state index is -0.604. The number of amides is 2. The second-order valence-electron chi connectivity index (χ2n) is 4.85. The van der Waals surface area contributed by atoms with Gasteiger partial charge in [0.2, 0.25) is 11.8 Å². The fourth-order valence-corrected chi connectivity index (χ4v) is 0.824. The topological polar surface area (TPSA) is 75.4 Å². The van der Waals surface area contributed by atoms with Gasteiger partial charge in [-0.1, -0.05) is 20.8 Å². The third kappa shape index (κ3) is 4.78. The van der Waals surface area contributed by atoms with Crippen LogP contribution >= 0.6 is 0 Å². The third-order valence-corrected chi connectivity index (χ3v) is 2.13. The highest BCUT2D eigenvalue weighted by atomic mass is 16.2. The highest BCUT2D eigenvalue weighted by molar-refractivity contribution is 5.87. The monoisotopic (exact) mass is 215 g/mol. The van der Waals surface area contributed by atoms with E-state index in [4.69, 9.17) is 5.73 Å². The predicted octanol–water partition coefficient (Wildman–Crippen LogP) is -0.436. The Morgan fingerprint density at radius 2 is 1.80 bits per heavy atom. The van der Waals surface area contributed by atoms with Crippen LogP contribution in [0.1, 0.15) is 20.8 Å². The molecule has 5 heteroatoms. The molecule has 0 rings (SSSR count). The second kappa shape index (κ2) is 5.11. The van der Waals surface area contributed by atoms with Crippen LogP contribution < -0.4 is 11.1 Å². The van der Waals surface area contributed by atoms with E-state index in [1.807, 2.05) is 20.8 Å². The lowest BCUT2D eigenvalue weighted by Crippen LogP contribution is -2.50. The first-order valence-electron chi connectivity index (χ1n) is 4.89. The lowest BCUT2D eigenvalue weighted by molar-refractivity contribution is -0.132. The summed E-state index contributed by atoms with van der Waals surface area (Å²) in [5.41, 5.74) is 5.42. The summed E-state index contributed by atoms with van der Waals surface area (Å²) in [5, 5.41) is 2.51. The van der Waals surface area contributed by atoms with E-state index in [2.05, 4.69) is 5.32 Å². The van der Waals surface area contributed by atoms with Crippen LogP contribution in [0.4, 0.5) is 0 Å². The molecule has 0 bridgehead atoms. The van der Waals surface area contributed by atoms with Crippen molar-refractivity contribution in [2.24, 2.45) is 11.1 Å². The van der Waals surface area contributed by atoms with Gasteiger partial charge in [-0.15, -0.1) is 0 Å². The van der Waals surface area contributed by atoms with Crippen LogP contribution in [-0.2, 0) is 9.59 Å². The lowest BCUT2D eigenvalue weighted by atomic mass is 9.87. The van der Waals surface area contributed by atoms with Crippen molar-refractivity contribution in [3.8, 4) is 0 Å². The Morgan fingerprint density at radius 3 is 2.13 bits per heavy atom. The summed E-state index contributed by atoms with van der Waals surface area (Å²) in [7, 11) is 3.27. The zero-order valence-corrected chi connectivity index (χ0v) is 10.1. The van der Waals surface area contributed by atoms with Gasteiger partial charge in [0.15, 0.2) is 0 Å². The summed E-state index contributed by atoms with van der Waals surface area (Å²) in [4.78, 5) is 24.1. The first-order chi connectivity index (χ1) is 6.66. The molecular formula is C10H21N3O2. The number of rotatable bonds is 3. The Bertz CT molecular complexity index is 244. The predicted molar refractivity (Wildman–Crippen MR) is 59.1 cm³/mol. The largest absolute Gasteiger partial charge is 0.347 e. The maximum atomic E-state index is 11.5. The van der Waals surface area contributed by atoms with Gasteiger partial charge in [-0.2, -0.15) is 0 Å². The number of carbonyl (C=O) groups excluding carboxylic acids is 2. The van der Waals surface area contributed by atoms with Crippen LogP contribution in [-0.4, -0.2) is 43.4 Å². The highest BCUT2D eigenvalue weighted by Gasteiger charge is 2.27. The van der Waals surface area contributed by atoms with Crippen molar-refractivity contribution in [2.75, 3.05) is 20.6 Å². The molecule has 0 saturated carbocycles. The van der Waals surface area contributed by atoms with Crippen LogP contribution in [0.3, 0.4) is 0 Å². The molecule has 0 heterocycles. The van der Waals surface area contributed by atoms with Gasteiger partial charge in [0.1, 0.15) is 0 Å². The number of hydrogen-bond donors (Lipinski definition) is 2. The van der Waals surface area contributed by atoms with E-state index in [1.54, 1.807) is 14.1 Å². The number of nitrogens with one attached hydrogen (secondary N) is 1. The molecule has 3 N–H and O–H groups in total. The molecule has 0 radical (unpaired) electrons. The second-order valence-corrected chi connectivity index (χ2v) is 4.85. The molecule has 0 spiro atoms. The highest BCUT2D eigenvalue weighted by Crippen LogP contribution is 2.16. The maximum Gasteiger partial charge on any atom is 0.241 e. The Balaban J connectivity index is 4.11. The van der Waals surface area contributed by atoms with Crippen LogP contribution in [0.25, 0.3) is 0 Å². The van der Waals surface area contributed by atoms with Crippen molar-refractivity contribution in [2.45, 2.75) is 26.8 Å². The number of likely N-dealkylation sites (N-methyl/N-ethyl adjacent to an activating group) is 1. The van der Waals surface area contributed by atoms with Gasteiger partial charge in [-0.05, 0) is 5.41 Å². The van der Waals surface area contributed by atoms with E-state index >= 15 is 0 Å². The van der Waals surface area contributed by atoms with E-state index in [9.17, 15) is 9.59 Å². The zero-order valence-electron chi connectivity index (χ0n) is 10.1. The van der Waals surface area contributed by atoms with Crippen molar-refractivity contribution in [1.29, 1.82) is 0 Å². The van der Waals surface area contributed by atoms with E-state index in [0.29, 0.717) is 0 Å². The lowest BCUT2D eigenvalue weighted by Gasteiger charge is -2.25. The molecule has 0 aliphatic rings. The van der Waals surface area contributed by atoms with E-state index in [1.165, 1.54) is 4.90 Å². The van der Waals surface area contributed by atoms with Gasteiger partial charge in [0.05, 0.1) is 12.6 Å². The first kappa shape index (κ1) is 13.9. The Morgan fingerprint density at radius 1 is 1.33 bits per heavy atom. The molecule has 5 nitrogen and oxygen atoms in total. The van der Waals surface area contributed by atoms with Crippen molar-refractivity contribution >= 4 is 11.8 Å². The minimum absolute atomic E-state index is 0.00435. The standard InChI is InChI=1S/C10H21N3O2/c1-10(2,3)8(11)9(15)12-6-7(14)13(4)5/h8H,6,11H2,1-5H3,(H,12,15)/t8-/m0/s1. The van der Waals surface area contributed by atoms with Crippen molar-refractivity contribution in [3.63, 3.8) is 0 Å². The summed E-state index contributed by atoms with van der Waals surface area (Å²) in [6.45, 7) is 5.64. The maximum absolute atomic E-state index is 11.5. The SMILES string of the molecule is CN(C)C(=O)CNC(=O)[C@H](N)C(C)(C)C. The van der Waals surface area contributed by atoms with E-state index in [0.717, 1.165) is 0 Å². The summed E-state index contributed by atoms with van der Waals surface area (Å²) in [6, 6.07) is -0.604. The Labute approximate surface area is 91.0 Å². The van der Waals surface area contributed by atoms with Crippen LogP contribution in [0.5, 0.6) is 0 Å². The molecule has 0 aromatic rings. The molecule has 0 aliphatic carbocycles. The molecule has 0 unspecified atom stereocenters. The van der Waals surface area contributed by atoms with Crippen LogP contribution in [0.2, 0.25) is 0 Å². The summed E-state index contributed by atoms with van der Waals surface area (Å²) in [6.07, 6.45) is 0. The molecule has 0 aliphatic heterocycles. The summed E-state index contributed by atoms with van der Waals surface area (Å²) in [5.74, 6) is -0.442. The van der Waals surface area contributed by atoms with E-state index in [-0.39, 0.29) is 23.8 Å². The van der Waals surface area contributed by atoms with Crippen molar-refractivity contribution < 1.29 is 9.59 Å². The van der Waals surface area contributed by atoms with Gasteiger partial charge < -0.3 is 16.0 Å². The average molecular weight is 215 g/mol. The smallest absolute Gasteiger partial charge is 0.241 e. The molecule has 88 valence electrons. The van der Waals surface area contributed by atoms with Crippen LogP contribution in [0.15, 0.2) is 0 Å². The number of carbonyl (C=O) groups is 2. The number of nitrogens with two attached hydrogens (primary N) is 1. The van der Waals surface area contributed by atoms with Gasteiger partial charge in [0, 0.05) is 14.1 Å². The quantitative estimate of drug-likeness (QED) is 0.670. The number of nitrogens with zero attached hydrogens (tertiary/aromatic N) is 1. The molecule has 0 aromatic heterocycles. The fraction of sp³-hybridized carbons (Fsp3) is 0.800. The average Bonchev–Trinajstić information content (AvgIpc) is 2.10. The molecule has 0 aromatic carbocycles. The first-order valence-corrected chi connectivity index (χ1v) is 4.89. The molecule has 0 saturated heterocycles. The van der Waals surface area contributed by atoms with Crippen molar-refractivity contribution in [3.05, 3.63) is 0 Å². The summed E-state index contributed by atoms with van der Waals surface area (Å²) < 4.78 is 0. The van der Waals surface area contributed by atoms with Gasteiger partial charge in [0.25, 0.3) is 0 Å². The molecule has 15 heavy (non-hydrogen) atoms. The van der Waals surface area contributed by atoms with Gasteiger partial charge in [-0.25, -0.2) is 0 Å². The molecule has 1 atom stereocenters. The fourth-order valence-electron chi connectivity index (χ4n) is 0.824. The normalized spacial score (nSPS) is 13.2. The van der Waals surface area contributed by atoms with Crippen LogP contribution in [0, 0.1) is 5.41 Å². The zero-order chi connectivity index (χ0) is 12.2. The number of hydrogen-bond acceptors (Lipinski definition) is 3.